The highest BCUT2D eigenvalue weighted by molar-refractivity contribution is 5.88. The van der Waals surface area contributed by atoms with Crippen LogP contribution in [0.3, 0.4) is 0 Å². The Bertz CT molecular complexity index is 355. The third-order valence-corrected chi connectivity index (χ3v) is 3.48. The van der Waals surface area contributed by atoms with Crippen molar-refractivity contribution in [2.24, 2.45) is 5.41 Å². The topological polar surface area (TPSA) is 46.6 Å². The van der Waals surface area contributed by atoms with Gasteiger partial charge in [0.25, 0.3) is 0 Å². The smallest absolute Gasteiger partial charge is 0.410 e. The lowest BCUT2D eigenvalue weighted by molar-refractivity contribution is -0.125. The fourth-order valence-corrected chi connectivity index (χ4v) is 2.61. The second-order valence-electron chi connectivity index (χ2n) is 7.03. The first-order valence-corrected chi connectivity index (χ1v) is 7.11. The number of ether oxygens (including phenoxy) is 1. The van der Waals surface area contributed by atoms with Crippen molar-refractivity contribution in [1.82, 2.24) is 4.90 Å². The minimum absolute atomic E-state index is 0.149. The van der Waals surface area contributed by atoms with E-state index in [9.17, 15) is 9.59 Å². The number of carbonyl (C=O) groups is 2. The van der Waals surface area contributed by atoms with Gasteiger partial charge in [-0.15, -0.1) is 0 Å². The van der Waals surface area contributed by atoms with E-state index >= 15 is 0 Å². The maximum absolute atomic E-state index is 12.3. The molecule has 1 saturated heterocycles. The highest BCUT2D eigenvalue weighted by atomic mass is 16.6. The van der Waals surface area contributed by atoms with Crippen molar-refractivity contribution in [2.45, 2.75) is 72.4 Å². The predicted molar refractivity (Wildman–Crippen MR) is 75.0 cm³/mol. The lowest BCUT2D eigenvalue weighted by atomic mass is 9.81. The van der Waals surface area contributed by atoms with Crippen LogP contribution in [0.15, 0.2) is 0 Å². The summed E-state index contributed by atoms with van der Waals surface area (Å²) in [4.78, 5) is 26.1. The van der Waals surface area contributed by atoms with Gasteiger partial charge in [-0.25, -0.2) is 4.79 Å². The number of ketones is 1. The average Bonchev–Trinajstić information content (AvgIpc) is 2.51. The van der Waals surface area contributed by atoms with Crippen molar-refractivity contribution in [3.05, 3.63) is 0 Å². The van der Waals surface area contributed by atoms with Gasteiger partial charge in [0.15, 0.2) is 5.78 Å². The van der Waals surface area contributed by atoms with E-state index in [1.807, 2.05) is 27.7 Å². The number of likely N-dealkylation sites (tertiary alicyclic amines) is 1. The molecule has 110 valence electrons. The van der Waals surface area contributed by atoms with Gasteiger partial charge >= 0.3 is 6.09 Å². The zero-order valence-electron chi connectivity index (χ0n) is 13.1. The number of nitrogens with zero attached hydrogens (tertiary/aromatic N) is 1. The molecule has 0 radical (unpaired) electrons. The molecule has 0 spiro atoms. The van der Waals surface area contributed by atoms with Crippen LogP contribution in [0.1, 0.15) is 60.8 Å². The quantitative estimate of drug-likeness (QED) is 0.789. The molecule has 0 saturated carbocycles. The Morgan fingerprint density at radius 2 is 1.89 bits per heavy atom. The molecule has 1 amide bonds. The summed E-state index contributed by atoms with van der Waals surface area (Å²) in [6.45, 7) is 12.2. The zero-order chi connectivity index (χ0) is 14.8. The standard InChI is InChI=1S/C15H27NO3/c1-7-8-11(17)12-15(5,6)9-10-16(12)13(18)19-14(2,3)4/h12H,7-10H2,1-6H3. The van der Waals surface area contributed by atoms with Gasteiger partial charge in [0.2, 0.25) is 0 Å². The number of carbonyl (C=O) groups excluding carboxylic acids is 2. The second kappa shape index (κ2) is 5.51. The minimum atomic E-state index is -0.526. The summed E-state index contributed by atoms with van der Waals surface area (Å²) in [5, 5.41) is 0. The maximum Gasteiger partial charge on any atom is 0.410 e. The fourth-order valence-electron chi connectivity index (χ4n) is 2.61. The maximum atomic E-state index is 12.3. The Morgan fingerprint density at radius 1 is 1.32 bits per heavy atom. The molecule has 1 aliphatic heterocycles. The Hall–Kier alpha value is -1.06. The van der Waals surface area contributed by atoms with E-state index in [4.69, 9.17) is 4.74 Å². The van der Waals surface area contributed by atoms with Gasteiger partial charge < -0.3 is 4.74 Å². The largest absolute Gasteiger partial charge is 0.444 e. The van der Waals surface area contributed by atoms with Crippen LogP contribution in [0, 0.1) is 5.41 Å². The molecular formula is C15H27NO3. The Labute approximate surface area is 116 Å². The number of rotatable bonds is 3. The Balaban J connectivity index is 2.88. The molecule has 19 heavy (non-hydrogen) atoms. The molecule has 1 fully saturated rings. The molecule has 0 aromatic rings. The van der Waals surface area contributed by atoms with E-state index in [1.54, 1.807) is 4.90 Å². The van der Waals surface area contributed by atoms with E-state index < -0.39 is 5.60 Å². The van der Waals surface area contributed by atoms with Gasteiger partial charge in [-0.1, -0.05) is 20.8 Å². The SMILES string of the molecule is CCCC(=O)C1N(C(=O)OC(C)(C)C)CCC1(C)C. The van der Waals surface area contributed by atoms with Gasteiger partial charge in [-0.3, -0.25) is 9.69 Å². The first-order chi connectivity index (χ1) is 8.58. The van der Waals surface area contributed by atoms with Gasteiger partial charge in [-0.2, -0.15) is 0 Å². The monoisotopic (exact) mass is 269 g/mol. The van der Waals surface area contributed by atoms with E-state index in [2.05, 4.69) is 13.8 Å². The van der Waals surface area contributed by atoms with Crippen molar-refractivity contribution in [2.75, 3.05) is 6.54 Å². The number of hydrogen-bond donors (Lipinski definition) is 0. The molecule has 0 aromatic heterocycles. The molecule has 1 rings (SSSR count). The molecule has 1 aliphatic rings. The summed E-state index contributed by atoms with van der Waals surface area (Å²) >= 11 is 0. The summed E-state index contributed by atoms with van der Waals surface area (Å²) in [5.41, 5.74) is -0.689. The van der Waals surface area contributed by atoms with Crippen LogP contribution in [0.5, 0.6) is 0 Å². The Kier molecular flexibility index (Phi) is 4.64. The highest BCUT2D eigenvalue weighted by Gasteiger charge is 2.47. The van der Waals surface area contributed by atoms with Crippen LogP contribution in [0.4, 0.5) is 4.79 Å². The summed E-state index contributed by atoms with van der Waals surface area (Å²) in [6.07, 6.45) is 1.81. The van der Waals surface area contributed by atoms with Crippen LogP contribution >= 0.6 is 0 Å². The summed E-state index contributed by atoms with van der Waals surface area (Å²) in [5.74, 6) is 0.149. The molecule has 0 N–H and O–H groups in total. The van der Waals surface area contributed by atoms with Crippen LogP contribution in [-0.2, 0) is 9.53 Å². The molecule has 1 atom stereocenters. The molecule has 0 bridgehead atoms. The van der Waals surface area contributed by atoms with Gasteiger partial charge in [0.1, 0.15) is 5.60 Å². The molecule has 0 aromatic carbocycles. The van der Waals surface area contributed by atoms with Crippen molar-refractivity contribution in [1.29, 1.82) is 0 Å². The van der Waals surface area contributed by atoms with Gasteiger partial charge in [0, 0.05) is 13.0 Å². The van der Waals surface area contributed by atoms with Crippen molar-refractivity contribution in [3.8, 4) is 0 Å². The third kappa shape index (κ3) is 3.95. The van der Waals surface area contributed by atoms with E-state index in [1.165, 1.54) is 0 Å². The zero-order valence-corrected chi connectivity index (χ0v) is 13.1. The van der Waals surface area contributed by atoms with Crippen LogP contribution in [-0.4, -0.2) is 35.0 Å². The molecule has 4 nitrogen and oxygen atoms in total. The third-order valence-electron chi connectivity index (χ3n) is 3.48. The molecular weight excluding hydrogens is 242 g/mol. The molecule has 0 aliphatic carbocycles. The fraction of sp³-hybridized carbons (Fsp3) is 0.867. The second-order valence-corrected chi connectivity index (χ2v) is 7.03. The van der Waals surface area contributed by atoms with E-state index in [-0.39, 0.29) is 23.3 Å². The lowest BCUT2D eigenvalue weighted by Crippen LogP contribution is -2.47. The highest BCUT2D eigenvalue weighted by Crippen LogP contribution is 2.38. The normalized spacial score (nSPS) is 22.4. The number of Topliss-reactive ketones (excluding diaryl/α,β-unsaturated/α-hetero) is 1. The summed E-state index contributed by atoms with van der Waals surface area (Å²) < 4.78 is 5.41. The Morgan fingerprint density at radius 3 is 2.37 bits per heavy atom. The number of hydrogen-bond acceptors (Lipinski definition) is 3. The van der Waals surface area contributed by atoms with Crippen molar-refractivity contribution < 1.29 is 14.3 Å². The lowest BCUT2D eigenvalue weighted by Gasteiger charge is -2.32. The van der Waals surface area contributed by atoms with E-state index in [0.29, 0.717) is 13.0 Å². The van der Waals surface area contributed by atoms with Crippen molar-refractivity contribution >= 4 is 11.9 Å². The first-order valence-electron chi connectivity index (χ1n) is 7.11. The van der Waals surface area contributed by atoms with Crippen LogP contribution in [0.25, 0.3) is 0 Å². The summed E-state index contributed by atoms with van der Waals surface area (Å²) in [6, 6.07) is -0.345. The van der Waals surface area contributed by atoms with Crippen LogP contribution < -0.4 is 0 Å². The predicted octanol–water partition coefficient (Wildman–Crippen LogP) is 3.39. The molecule has 4 heteroatoms. The van der Waals surface area contributed by atoms with Crippen LogP contribution in [0.2, 0.25) is 0 Å². The summed E-state index contributed by atoms with van der Waals surface area (Å²) in [7, 11) is 0. The van der Waals surface area contributed by atoms with Crippen molar-refractivity contribution in [3.63, 3.8) is 0 Å². The van der Waals surface area contributed by atoms with Gasteiger partial charge in [-0.05, 0) is 39.0 Å². The first kappa shape index (κ1) is 16.0. The van der Waals surface area contributed by atoms with E-state index in [0.717, 1.165) is 12.8 Å². The number of amides is 1. The van der Waals surface area contributed by atoms with Gasteiger partial charge in [0.05, 0.1) is 6.04 Å². The molecule has 1 unspecified atom stereocenters. The minimum Gasteiger partial charge on any atom is -0.444 e. The average molecular weight is 269 g/mol. The molecule has 1 heterocycles.